The molecule has 10 nitrogen and oxygen atoms in total. The Balaban J connectivity index is 1.15. The first-order chi connectivity index (χ1) is 21.9. The van der Waals surface area contributed by atoms with Gasteiger partial charge in [0.2, 0.25) is 0 Å². The zero-order valence-electron chi connectivity index (χ0n) is 25.3. The van der Waals surface area contributed by atoms with Crippen LogP contribution < -0.4 is 10.5 Å². The number of carbonyl (C=O) groups is 2. The number of likely N-dealkylation sites (tertiary alicyclic amines) is 1. The van der Waals surface area contributed by atoms with E-state index in [4.69, 9.17) is 25.2 Å². The Morgan fingerprint density at radius 2 is 1.93 bits per heavy atom. The van der Waals surface area contributed by atoms with Crippen LogP contribution in [-0.2, 0) is 24.9 Å². The predicted octanol–water partition coefficient (Wildman–Crippen LogP) is 4.91. The summed E-state index contributed by atoms with van der Waals surface area (Å²) in [7, 11) is 3.64. The van der Waals surface area contributed by atoms with Gasteiger partial charge < -0.3 is 29.2 Å². The largest absolute Gasteiger partial charge is 0.494 e. The number of esters is 1. The van der Waals surface area contributed by atoms with Crippen LogP contribution in [0.4, 0.5) is 0 Å². The van der Waals surface area contributed by atoms with Crippen molar-refractivity contribution in [3.8, 4) is 28.5 Å². The van der Waals surface area contributed by atoms with Crippen molar-refractivity contribution in [2.24, 2.45) is 24.6 Å². The maximum atomic E-state index is 13.7. The van der Waals surface area contributed by atoms with E-state index in [1.54, 1.807) is 7.11 Å². The summed E-state index contributed by atoms with van der Waals surface area (Å²) in [4.78, 5) is 37.9. The minimum Gasteiger partial charge on any atom is -0.494 e. The summed E-state index contributed by atoms with van der Waals surface area (Å²) >= 11 is 0. The second-order valence-corrected chi connectivity index (χ2v) is 13.1. The molecule has 5 aromatic rings. The van der Waals surface area contributed by atoms with Crippen molar-refractivity contribution in [1.82, 2.24) is 24.0 Å². The number of pyridine rings is 1. The highest BCUT2D eigenvalue weighted by molar-refractivity contribution is 6.00. The van der Waals surface area contributed by atoms with E-state index in [1.165, 1.54) is 12.8 Å². The van der Waals surface area contributed by atoms with Gasteiger partial charge in [0.1, 0.15) is 23.5 Å². The molecule has 3 atom stereocenters. The lowest BCUT2D eigenvalue weighted by molar-refractivity contribution is 0.0534. The van der Waals surface area contributed by atoms with E-state index < -0.39 is 0 Å². The van der Waals surface area contributed by atoms with Gasteiger partial charge in [0.15, 0.2) is 5.82 Å². The highest BCUT2D eigenvalue weighted by atomic mass is 16.5. The van der Waals surface area contributed by atoms with E-state index in [-0.39, 0.29) is 24.0 Å². The van der Waals surface area contributed by atoms with Crippen LogP contribution in [0.3, 0.4) is 0 Å². The van der Waals surface area contributed by atoms with E-state index in [2.05, 4.69) is 21.3 Å². The Morgan fingerprint density at radius 3 is 2.69 bits per heavy atom. The molecule has 9 rings (SSSR count). The average Bonchev–Trinajstić information content (AvgIpc) is 3.26. The molecule has 2 bridgehead atoms. The van der Waals surface area contributed by atoms with Gasteiger partial charge in [0.05, 0.1) is 29.6 Å². The van der Waals surface area contributed by atoms with Crippen LogP contribution in [0.2, 0.25) is 0 Å². The van der Waals surface area contributed by atoms with Crippen molar-refractivity contribution in [2.45, 2.75) is 50.9 Å². The van der Waals surface area contributed by atoms with Crippen molar-refractivity contribution in [3.63, 3.8) is 0 Å². The number of piperidine rings is 1. The molecule has 45 heavy (non-hydrogen) atoms. The van der Waals surface area contributed by atoms with Gasteiger partial charge in [-0.15, -0.1) is 0 Å². The Labute approximate surface area is 259 Å². The zero-order valence-corrected chi connectivity index (χ0v) is 25.3. The summed E-state index contributed by atoms with van der Waals surface area (Å²) in [5.41, 5.74) is 13.7. The quantitative estimate of drug-likeness (QED) is 0.275. The standard InChI is InChI=1S/C35H34N6O4/c1-39-31-26(12-22(14-29(31)44-2)34(42)41-16-21-7-10-27(41)30(21)36)38-33(39)28-13-20-6-9-25(37-32(20)40(28)15-18-3-4-18)19-5-8-24-23(11-19)17-45-35(24)43/h5-6,8-9,11-14,18,21,27,30H,3-4,7,10,15-17,36H2,1-2H3. The fourth-order valence-corrected chi connectivity index (χ4v) is 7.78. The lowest BCUT2D eigenvalue weighted by Crippen LogP contribution is -2.41. The summed E-state index contributed by atoms with van der Waals surface area (Å²) in [5.74, 6) is 2.12. The zero-order chi connectivity index (χ0) is 30.6. The molecule has 3 fully saturated rings. The highest BCUT2D eigenvalue weighted by Gasteiger charge is 2.47. The summed E-state index contributed by atoms with van der Waals surface area (Å²) in [6.07, 6.45) is 4.45. The molecule has 2 N–H and O–H groups in total. The molecule has 2 aliphatic heterocycles. The number of amides is 1. The SMILES string of the molecule is COc1cc(C(=O)N2CC3CCC2C3N)cc2nc(-c3cc4ccc(-c5ccc6c(c5)COC6=O)nc4n3CC3CC3)n(C)c12. The summed E-state index contributed by atoms with van der Waals surface area (Å²) in [6, 6.07) is 16.0. The molecular weight excluding hydrogens is 568 g/mol. The number of benzene rings is 2. The fraction of sp³-hybridized carbons (Fsp3) is 0.371. The van der Waals surface area contributed by atoms with Crippen molar-refractivity contribution < 1.29 is 19.1 Å². The van der Waals surface area contributed by atoms with Gasteiger partial charge in [-0.25, -0.2) is 14.8 Å². The first-order valence-electron chi connectivity index (χ1n) is 15.8. The Morgan fingerprint density at radius 1 is 1.07 bits per heavy atom. The molecule has 2 aliphatic carbocycles. The third kappa shape index (κ3) is 4.04. The van der Waals surface area contributed by atoms with Crippen LogP contribution in [0.1, 0.15) is 52.0 Å². The van der Waals surface area contributed by atoms with Gasteiger partial charge in [-0.3, -0.25) is 4.79 Å². The average molecular weight is 603 g/mol. The molecular formula is C35H34N6O4. The number of ether oxygens (including phenoxy) is 2. The van der Waals surface area contributed by atoms with Crippen molar-refractivity contribution in [2.75, 3.05) is 13.7 Å². The van der Waals surface area contributed by atoms with E-state index in [9.17, 15) is 9.59 Å². The smallest absolute Gasteiger partial charge is 0.338 e. The lowest BCUT2D eigenvalue weighted by Gasteiger charge is -2.27. The molecule has 2 aromatic carbocycles. The third-order valence-electron chi connectivity index (χ3n) is 10.4. The van der Waals surface area contributed by atoms with Crippen LogP contribution in [0.5, 0.6) is 5.75 Å². The number of rotatable bonds is 6. The molecule has 10 heteroatoms. The summed E-state index contributed by atoms with van der Waals surface area (Å²) in [6.45, 7) is 1.86. The van der Waals surface area contributed by atoms with E-state index in [0.717, 1.165) is 69.8 Å². The number of cyclic esters (lactones) is 1. The van der Waals surface area contributed by atoms with Crippen LogP contribution in [0.15, 0.2) is 48.5 Å². The number of imidazole rings is 1. The topological polar surface area (TPSA) is 118 Å². The maximum Gasteiger partial charge on any atom is 0.338 e. The number of aryl methyl sites for hydroxylation is 1. The molecule has 3 unspecified atom stereocenters. The minimum absolute atomic E-state index is 0.00730. The number of nitrogens with two attached hydrogens (primary N) is 1. The van der Waals surface area contributed by atoms with Gasteiger partial charge in [0.25, 0.3) is 5.91 Å². The van der Waals surface area contributed by atoms with Crippen molar-refractivity contribution >= 4 is 33.9 Å². The van der Waals surface area contributed by atoms with Gasteiger partial charge >= 0.3 is 5.97 Å². The van der Waals surface area contributed by atoms with Gasteiger partial charge in [-0.1, -0.05) is 6.07 Å². The number of hydrogen-bond acceptors (Lipinski definition) is 7. The Bertz CT molecular complexity index is 2070. The normalized spacial score (nSPS) is 22.1. The fourth-order valence-electron chi connectivity index (χ4n) is 7.78. The molecule has 4 aliphatic rings. The van der Waals surface area contributed by atoms with Gasteiger partial charge in [-0.05, 0) is 80.0 Å². The van der Waals surface area contributed by atoms with E-state index in [1.807, 2.05) is 48.3 Å². The number of aromatic nitrogens is 4. The second-order valence-electron chi connectivity index (χ2n) is 13.1. The number of fused-ring (bicyclic) bond motifs is 5. The highest BCUT2D eigenvalue weighted by Crippen LogP contribution is 2.40. The lowest BCUT2D eigenvalue weighted by atomic mass is 10.0. The summed E-state index contributed by atoms with van der Waals surface area (Å²) < 4.78 is 15.4. The first-order valence-corrected chi connectivity index (χ1v) is 15.8. The molecule has 228 valence electrons. The maximum absolute atomic E-state index is 13.7. The van der Waals surface area contributed by atoms with Crippen LogP contribution in [-0.4, -0.2) is 61.6 Å². The molecule has 0 spiro atoms. The molecule has 3 aromatic heterocycles. The Hall–Kier alpha value is -4.70. The molecule has 5 heterocycles. The predicted molar refractivity (Wildman–Crippen MR) is 169 cm³/mol. The van der Waals surface area contributed by atoms with E-state index >= 15 is 0 Å². The number of methoxy groups -OCH3 is 1. The third-order valence-corrected chi connectivity index (χ3v) is 10.4. The van der Waals surface area contributed by atoms with Crippen LogP contribution in [0, 0.1) is 11.8 Å². The molecule has 2 saturated carbocycles. The van der Waals surface area contributed by atoms with Crippen molar-refractivity contribution in [1.29, 1.82) is 0 Å². The van der Waals surface area contributed by atoms with Gasteiger partial charge in [-0.2, -0.15) is 0 Å². The van der Waals surface area contributed by atoms with E-state index in [0.29, 0.717) is 41.9 Å². The number of carbonyl (C=O) groups excluding carboxylic acids is 2. The molecule has 0 radical (unpaired) electrons. The number of hydrogen-bond donors (Lipinski definition) is 1. The van der Waals surface area contributed by atoms with Gasteiger partial charge in [0, 0.05) is 54.3 Å². The second kappa shape index (κ2) is 9.65. The Kier molecular flexibility index (Phi) is 5.72. The van der Waals surface area contributed by atoms with Crippen molar-refractivity contribution in [3.05, 3.63) is 65.2 Å². The minimum atomic E-state index is -0.272. The summed E-state index contributed by atoms with van der Waals surface area (Å²) in [5, 5.41) is 1.03. The number of nitrogens with zero attached hydrogens (tertiary/aromatic N) is 5. The monoisotopic (exact) mass is 602 g/mol. The first kappa shape index (κ1) is 26.7. The van der Waals surface area contributed by atoms with Crippen LogP contribution in [0.25, 0.3) is 44.8 Å². The van der Waals surface area contributed by atoms with Crippen LogP contribution >= 0.6 is 0 Å². The molecule has 1 saturated heterocycles. The molecule has 1 amide bonds.